The molecule has 66 valence electrons. The van der Waals surface area contributed by atoms with Gasteiger partial charge < -0.3 is 5.32 Å². The van der Waals surface area contributed by atoms with Gasteiger partial charge in [-0.2, -0.15) is 0 Å². The van der Waals surface area contributed by atoms with E-state index in [1.165, 1.54) is 16.0 Å². The highest BCUT2D eigenvalue weighted by Crippen LogP contribution is 2.27. The molecule has 0 aliphatic heterocycles. The van der Waals surface area contributed by atoms with E-state index in [0.29, 0.717) is 6.04 Å². The Balaban J connectivity index is 2.94. The van der Waals surface area contributed by atoms with E-state index in [4.69, 9.17) is 0 Å². The summed E-state index contributed by atoms with van der Waals surface area (Å²) in [7, 11) is 1.97. The maximum atomic E-state index is 3.97. The first kappa shape index (κ1) is 9.49. The predicted octanol–water partition coefficient (Wildman–Crippen LogP) is 2.89. The minimum Gasteiger partial charge on any atom is -0.309 e. The molecule has 1 heterocycles. The van der Waals surface area contributed by atoms with E-state index in [0.717, 1.165) is 0 Å². The zero-order valence-corrected chi connectivity index (χ0v) is 8.66. The van der Waals surface area contributed by atoms with Gasteiger partial charge in [0, 0.05) is 4.88 Å². The van der Waals surface area contributed by atoms with Crippen LogP contribution in [0, 0.1) is 6.92 Å². The van der Waals surface area contributed by atoms with Crippen molar-refractivity contribution < 1.29 is 0 Å². The Kier molecular flexibility index (Phi) is 3.06. The van der Waals surface area contributed by atoms with Crippen molar-refractivity contribution in [3.05, 3.63) is 34.0 Å². The molecule has 0 saturated heterocycles. The summed E-state index contributed by atoms with van der Waals surface area (Å²) in [6.45, 7) is 8.16. The van der Waals surface area contributed by atoms with Crippen molar-refractivity contribution in [2.75, 3.05) is 7.05 Å². The highest BCUT2D eigenvalue weighted by atomic mass is 32.1. The molecule has 0 aromatic carbocycles. The van der Waals surface area contributed by atoms with Crippen LogP contribution in [0.4, 0.5) is 0 Å². The molecule has 0 fully saturated rings. The van der Waals surface area contributed by atoms with Crippen molar-refractivity contribution >= 4 is 11.3 Å². The number of likely N-dealkylation sites (N-methyl/N-ethyl adjacent to an activating group) is 1. The third kappa shape index (κ3) is 1.76. The average Bonchev–Trinajstić information content (AvgIpc) is 2.38. The summed E-state index contributed by atoms with van der Waals surface area (Å²) in [5.41, 5.74) is 2.52. The van der Waals surface area contributed by atoms with Crippen LogP contribution >= 0.6 is 11.3 Å². The lowest BCUT2D eigenvalue weighted by Crippen LogP contribution is -2.16. The molecule has 1 aromatic heterocycles. The molecule has 1 nitrogen and oxygen atoms in total. The first-order valence-corrected chi connectivity index (χ1v) is 4.91. The molecule has 2 heteroatoms. The van der Waals surface area contributed by atoms with Gasteiger partial charge in [-0.25, -0.2) is 0 Å². The molecular formula is C10H15NS. The molecule has 0 aliphatic rings. The third-order valence-corrected chi connectivity index (χ3v) is 3.03. The van der Waals surface area contributed by atoms with Gasteiger partial charge in [0.05, 0.1) is 6.04 Å². The van der Waals surface area contributed by atoms with Crippen molar-refractivity contribution in [1.29, 1.82) is 0 Å². The normalized spacial score (nSPS) is 12.9. The van der Waals surface area contributed by atoms with Crippen LogP contribution in [0.2, 0.25) is 0 Å². The minimum absolute atomic E-state index is 0.324. The zero-order chi connectivity index (χ0) is 9.14. The molecular weight excluding hydrogens is 166 g/mol. The molecule has 1 atom stereocenters. The van der Waals surface area contributed by atoms with Gasteiger partial charge in [0.25, 0.3) is 0 Å². The fourth-order valence-corrected chi connectivity index (χ4v) is 2.41. The van der Waals surface area contributed by atoms with Gasteiger partial charge in [-0.3, -0.25) is 0 Å². The Morgan fingerprint density at radius 1 is 1.67 bits per heavy atom. The molecule has 1 N–H and O–H groups in total. The average molecular weight is 181 g/mol. The summed E-state index contributed by atoms with van der Waals surface area (Å²) in [6.07, 6.45) is 0. The van der Waals surface area contributed by atoms with Crippen LogP contribution in [0.1, 0.15) is 23.4 Å². The number of aryl methyl sites for hydroxylation is 1. The van der Waals surface area contributed by atoms with E-state index in [1.54, 1.807) is 11.3 Å². The van der Waals surface area contributed by atoms with Gasteiger partial charge in [-0.15, -0.1) is 11.3 Å². The maximum absolute atomic E-state index is 3.97. The zero-order valence-electron chi connectivity index (χ0n) is 7.85. The molecule has 0 aliphatic carbocycles. The van der Waals surface area contributed by atoms with Crippen molar-refractivity contribution in [1.82, 2.24) is 5.32 Å². The fraction of sp³-hybridized carbons (Fsp3) is 0.400. The maximum Gasteiger partial charge on any atom is 0.0625 e. The van der Waals surface area contributed by atoms with E-state index < -0.39 is 0 Å². The van der Waals surface area contributed by atoms with Crippen molar-refractivity contribution in [3.8, 4) is 0 Å². The molecule has 0 saturated carbocycles. The van der Waals surface area contributed by atoms with E-state index in [1.807, 2.05) is 7.05 Å². The topological polar surface area (TPSA) is 12.0 Å². The lowest BCUT2D eigenvalue weighted by Gasteiger charge is -2.15. The van der Waals surface area contributed by atoms with E-state index in [9.17, 15) is 0 Å². The number of hydrogen-bond acceptors (Lipinski definition) is 2. The van der Waals surface area contributed by atoms with Crippen LogP contribution in [-0.2, 0) is 0 Å². The van der Waals surface area contributed by atoms with Crippen LogP contribution in [0.25, 0.3) is 0 Å². The lowest BCUT2D eigenvalue weighted by atomic mass is 10.1. The highest BCUT2D eigenvalue weighted by molar-refractivity contribution is 7.10. The Bertz CT molecular complexity index is 275. The molecule has 0 amide bonds. The largest absolute Gasteiger partial charge is 0.309 e. The first-order chi connectivity index (χ1) is 5.66. The van der Waals surface area contributed by atoms with E-state index >= 15 is 0 Å². The smallest absolute Gasteiger partial charge is 0.0625 e. The summed E-state index contributed by atoms with van der Waals surface area (Å²) in [5.74, 6) is 0. The van der Waals surface area contributed by atoms with Crippen LogP contribution in [0.3, 0.4) is 0 Å². The number of hydrogen-bond donors (Lipinski definition) is 1. The number of thiophene rings is 1. The Morgan fingerprint density at radius 3 is 2.67 bits per heavy atom. The van der Waals surface area contributed by atoms with Gasteiger partial charge in [0.15, 0.2) is 0 Å². The molecule has 0 spiro atoms. The summed E-state index contributed by atoms with van der Waals surface area (Å²) in [5, 5.41) is 5.38. The molecule has 12 heavy (non-hydrogen) atoms. The number of rotatable bonds is 3. The SMILES string of the molecule is C=C(C)C(NC)c1sccc1C. The molecule has 0 bridgehead atoms. The van der Waals surface area contributed by atoms with E-state index in [-0.39, 0.29) is 0 Å². The Morgan fingerprint density at radius 2 is 2.33 bits per heavy atom. The highest BCUT2D eigenvalue weighted by Gasteiger charge is 2.12. The molecule has 0 radical (unpaired) electrons. The van der Waals surface area contributed by atoms with Crippen LogP contribution in [0.5, 0.6) is 0 Å². The second-order valence-corrected chi connectivity index (χ2v) is 3.98. The lowest BCUT2D eigenvalue weighted by molar-refractivity contribution is 0.688. The van der Waals surface area contributed by atoms with Gasteiger partial charge in [0.1, 0.15) is 0 Å². The minimum atomic E-state index is 0.324. The summed E-state index contributed by atoms with van der Waals surface area (Å²) in [6, 6.07) is 2.47. The summed E-state index contributed by atoms with van der Waals surface area (Å²) < 4.78 is 0. The number of nitrogens with one attached hydrogen (secondary N) is 1. The fourth-order valence-electron chi connectivity index (χ4n) is 1.28. The first-order valence-electron chi connectivity index (χ1n) is 4.03. The van der Waals surface area contributed by atoms with Crippen LogP contribution < -0.4 is 5.32 Å². The Labute approximate surface area is 78.1 Å². The van der Waals surface area contributed by atoms with Crippen molar-refractivity contribution in [2.24, 2.45) is 0 Å². The van der Waals surface area contributed by atoms with Crippen LogP contribution in [-0.4, -0.2) is 7.05 Å². The van der Waals surface area contributed by atoms with E-state index in [2.05, 4.69) is 37.2 Å². The second-order valence-electron chi connectivity index (χ2n) is 3.04. The van der Waals surface area contributed by atoms with Gasteiger partial charge >= 0.3 is 0 Å². The molecule has 1 unspecified atom stereocenters. The molecule has 1 rings (SSSR count). The quantitative estimate of drug-likeness (QED) is 0.707. The third-order valence-electron chi connectivity index (χ3n) is 1.95. The standard InChI is InChI=1S/C10H15NS/c1-7(2)9(11-4)10-8(3)5-6-12-10/h5-6,9,11H,1H2,2-4H3. The summed E-state index contributed by atoms with van der Waals surface area (Å²) >= 11 is 1.79. The summed E-state index contributed by atoms with van der Waals surface area (Å²) in [4.78, 5) is 1.38. The van der Waals surface area contributed by atoms with Crippen molar-refractivity contribution in [2.45, 2.75) is 19.9 Å². The van der Waals surface area contributed by atoms with Gasteiger partial charge in [-0.05, 0) is 37.9 Å². The second kappa shape index (κ2) is 3.87. The monoisotopic (exact) mass is 181 g/mol. The van der Waals surface area contributed by atoms with Gasteiger partial charge in [-0.1, -0.05) is 12.2 Å². The Hall–Kier alpha value is -0.600. The molecule has 1 aromatic rings. The predicted molar refractivity (Wildman–Crippen MR) is 55.7 cm³/mol. The van der Waals surface area contributed by atoms with Crippen LogP contribution in [0.15, 0.2) is 23.6 Å². The van der Waals surface area contributed by atoms with Gasteiger partial charge in [0.2, 0.25) is 0 Å². The van der Waals surface area contributed by atoms with Crippen molar-refractivity contribution in [3.63, 3.8) is 0 Å².